The number of rotatable bonds is 15. The van der Waals surface area contributed by atoms with Crippen molar-refractivity contribution in [2.45, 2.75) is 45.2 Å². The van der Waals surface area contributed by atoms with Gasteiger partial charge in [-0.2, -0.15) is 0 Å². The minimum atomic E-state index is -1.43. The number of carbonyl (C=O) groups excluding carboxylic acids is 4. The maximum Gasteiger partial charge on any atom is 0.333 e. The molecule has 0 rings (SSSR count). The third-order valence-electron chi connectivity index (χ3n) is 3.99. The Morgan fingerprint density at radius 3 is 1.88 bits per heavy atom. The summed E-state index contributed by atoms with van der Waals surface area (Å²) in [5.41, 5.74) is 5.74. The third-order valence-corrected chi connectivity index (χ3v) is 3.99. The molecular formula is C20H28N2O10. The van der Waals surface area contributed by atoms with Crippen molar-refractivity contribution in [2.24, 2.45) is 11.7 Å². The maximum absolute atomic E-state index is 12.6. The van der Waals surface area contributed by atoms with E-state index in [1.165, 1.54) is 13.8 Å². The van der Waals surface area contributed by atoms with Crippen LogP contribution in [0.25, 0.3) is 0 Å². The molecule has 0 aromatic rings. The molecule has 0 saturated carbocycles. The first-order valence-electron chi connectivity index (χ1n) is 9.44. The number of carbonyl (C=O) groups is 6. The first-order chi connectivity index (χ1) is 14.8. The summed E-state index contributed by atoms with van der Waals surface area (Å²) in [6, 6.07) is -2.74. The highest BCUT2D eigenvalue weighted by Gasteiger charge is 2.30. The highest BCUT2D eigenvalue weighted by atomic mass is 16.5. The Morgan fingerprint density at radius 2 is 1.44 bits per heavy atom. The van der Waals surface area contributed by atoms with Crippen molar-refractivity contribution in [1.82, 2.24) is 5.32 Å². The molecule has 0 unspecified atom stereocenters. The Bertz CT molecular complexity index is 789. The standard InChI is InChI=1S/C20H28N2O10/c1-10(2)19(29)31-8-12(18(27)28)7-15(23)14(5-6-16(24)25)22-17(26)13(21)9-32-20(30)11(3)4/h12-14H,1,3,5-9,21H2,2,4H3,(H,22,26)(H,24,25)(H,27,28)/t12-,13-,14-/m0/s1. The van der Waals surface area contributed by atoms with E-state index in [1.807, 2.05) is 0 Å². The van der Waals surface area contributed by atoms with Crippen molar-refractivity contribution in [1.29, 1.82) is 0 Å². The molecule has 3 atom stereocenters. The predicted octanol–water partition coefficient (Wildman–Crippen LogP) is -0.438. The second-order valence-electron chi connectivity index (χ2n) is 7.06. The minimum Gasteiger partial charge on any atom is -0.481 e. The summed E-state index contributed by atoms with van der Waals surface area (Å²) < 4.78 is 9.53. The van der Waals surface area contributed by atoms with Gasteiger partial charge in [0.2, 0.25) is 5.91 Å². The molecule has 0 aliphatic carbocycles. The summed E-state index contributed by atoms with van der Waals surface area (Å²) in [6.07, 6.45) is -1.49. The molecule has 0 spiro atoms. The molecule has 0 radical (unpaired) electrons. The van der Waals surface area contributed by atoms with Crippen LogP contribution in [0.1, 0.15) is 33.1 Å². The molecule has 0 aromatic heterocycles. The normalized spacial score (nSPS) is 13.1. The molecule has 0 aliphatic rings. The maximum atomic E-state index is 12.6. The molecule has 32 heavy (non-hydrogen) atoms. The van der Waals surface area contributed by atoms with Crippen molar-refractivity contribution in [3.63, 3.8) is 0 Å². The number of ether oxygens (including phenoxy) is 2. The quantitative estimate of drug-likeness (QED) is 0.184. The molecule has 0 aromatic carbocycles. The monoisotopic (exact) mass is 456 g/mol. The lowest BCUT2D eigenvalue weighted by Crippen LogP contribution is -2.51. The molecule has 0 aliphatic heterocycles. The highest BCUT2D eigenvalue weighted by molar-refractivity contribution is 5.93. The number of esters is 2. The largest absolute Gasteiger partial charge is 0.481 e. The fraction of sp³-hybridized carbons (Fsp3) is 0.500. The number of ketones is 1. The number of aliphatic carboxylic acids is 2. The van der Waals surface area contributed by atoms with Gasteiger partial charge < -0.3 is 30.7 Å². The van der Waals surface area contributed by atoms with Gasteiger partial charge in [-0.25, -0.2) is 9.59 Å². The van der Waals surface area contributed by atoms with Crippen LogP contribution in [0.15, 0.2) is 24.3 Å². The third kappa shape index (κ3) is 11.0. The molecule has 178 valence electrons. The van der Waals surface area contributed by atoms with E-state index < -0.39 is 79.6 Å². The second-order valence-corrected chi connectivity index (χ2v) is 7.06. The van der Waals surface area contributed by atoms with Crippen molar-refractivity contribution in [3.8, 4) is 0 Å². The van der Waals surface area contributed by atoms with Crippen LogP contribution >= 0.6 is 0 Å². The van der Waals surface area contributed by atoms with Gasteiger partial charge in [-0.3, -0.25) is 19.2 Å². The number of hydrogen-bond donors (Lipinski definition) is 4. The summed E-state index contributed by atoms with van der Waals surface area (Å²) in [6.45, 7) is 8.32. The van der Waals surface area contributed by atoms with Gasteiger partial charge in [-0.15, -0.1) is 0 Å². The van der Waals surface area contributed by atoms with Crippen LogP contribution in [0.2, 0.25) is 0 Å². The van der Waals surface area contributed by atoms with Gasteiger partial charge in [0.1, 0.15) is 19.3 Å². The number of nitrogens with one attached hydrogen (secondary N) is 1. The van der Waals surface area contributed by atoms with Crippen molar-refractivity contribution < 1.29 is 48.5 Å². The summed E-state index contributed by atoms with van der Waals surface area (Å²) in [5.74, 6) is -7.44. The number of Topliss-reactive ketones (excluding diaryl/α,β-unsaturated/α-hetero) is 1. The van der Waals surface area contributed by atoms with E-state index in [1.54, 1.807) is 0 Å². The van der Waals surface area contributed by atoms with Gasteiger partial charge in [0, 0.05) is 24.0 Å². The fourth-order valence-electron chi connectivity index (χ4n) is 2.13. The molecule has 12 heteroatoms. The Labute approximate surface area is 184 Å². The Kier molecular flexibility index (Phi) is 12.2. The van der Waals surface area contributed by atoms with Crippen LogP contribution in [-0.4, -0.2) is 71.1 Å². The lowest BCUT2D eigenvalue weighted by molar-refractivity contribution is -0.151. The summed E-state index contributed by atoms with van der Waals surface area (Å²) in [4.78, 5) is 70.0. The molecule has 0 bridgehead atoms. The molecule has 12 nitrogen and oxygen atoms in total. The van der Waals surface area contributed by atoms with E-state index in [2.05, 4.69) is 18.5 Å². The van der Waals surface area contributed by atoms with E-state index in [4.69, 9.17) is 20.3 Å². The second kappa shape index (κ2) is 13.7. The van der Waals surface area contributed by atoms with Crippen LogP contribution in [0.4, 0.5) is 0 Å². The van der Waals surface area contributed by atoms with Gasteiger partial charge in [-0.1, -0.05) is 13.2 Å². The average molecular weight is 456 g/mol. The fourth-order valence-corrected chi connectivity index (χ4v) is 2.13. The molecule has 0 saturated heterocycles. The molecule has 0 heterocycles. The van der Waals surface area contributed by atoms with Crippen molar-refractivity contribution in [2.75, 3.05) is 13.2 Å². The summed E-state index contributed by atoms with van der Waals surface area (Å²) >= 11 is 0. The number of nitrogens with two attached hydrogens (primary N) is 1. The first-order valence-corrected chi connectivity index (χ1v) is 9.44. The number of amides is 1. The zero-order valence-electron chi connectivity index (χ0n) is 17.9. The molecular weight excluding hydrogens is 428 g/mol. The SMILES string of the molecule is C=C(C)C(=O)OC[C@H](CC(=O)[C@H](CCC(=O)O)NC(=O)[C@@H](N)COC(=O)C(=C)C)C(=O)O. The average Bonchev–Trinajstić information content (AvgIpc) is 2.70. The van der Waals surface area contributed by atoms with E-state index in [0.717, 1.165) is 0 Å². The molecule has 5 N–H and O–H groups in total. The van der Waals surface area contributed by atoms with E-state index >= 15 is 0 Å². The van der Waals surface area contributed by atoms with E-state index in [0.29, 0.717) is 0 Å². The van der Waals surface area contributed by atoms with Gasteiger partial charge in [0.05, 0.1) is 12.0 Å². The number of carboxylic acid groups (broad SMARTS) is 2. The summed E-state index contributed by atoms with van der Waals surface area (Å²) in [7, 11) is 0. The van der Waals surface area contributed by atoms with Crippen molar-refractivity contribution in [3.05, 3.63) is 24.3 Å². The van der Waals surface area contributed by atoms with Crippen molar-refractivity contribution >= 4 is 35.6 Å². The van der Waals surface area contributed by atoms with Crippen LogP contribution in [0.5, 0.6) is 0 Å². The number of carboxylic acids is 2. The summed E-state index contributed by atoms with van der Waals surface area (Å²) in [5, 5.41) is 20.4. The first kappa shape index (κ1) is 28.5. The van der Waals surface area contributed by atoms with E-state index in [-0.39, 0.29) is 17.6 Å². The molecule has 1 amide bonds. The van der Waals surface area contributed by atoms with Gasteiger partial charge in [0.25, 0.3) is 0 Å². The minimum absolute atomic E-state index is 0.0356. The Hall–Kier alpha value is -3.54. The predicted molar refractivity (Wildman–Crippen MR) is 109 cm³/mol. The van der Waals surface area contributed by atoms with Crippen LogP contribution in [0.3, 0.4) is 0 Å². The van der Waals surface area contributed by atoms with Crippen LogP contribution in [-0.2, 0) is 38.2 Å². The zero-order chi connectivity index (χ0) is 25.0. The van der Waals surface area contributed by atoms with Gasteiger partial charge in [0.15, 0.2) is 5.78 Å². The zero-order valence-corrected chi connectivity index (χ0v) is 17.9. The smallest absolute Gasteiger partial charge is 0.333 e. The van der Waals surface area contributed by atoms with Crippen LogP contribution in [0, 0.1) is 5.92 Å². The lowest BCUT2D eigenvalue weighted by atomic mass is 9.96. The molecule has 0 fully saturated rings. The Morgan fingerprint density at radius 1 is 0.938 bits per heavy atom. The topological polar surface area (TPSA) is 199 Å². The number of hydrogen-bond acceptors (Lipinski definition) is 9. The Balaban J connectivity index is 5.19. The highest BCUT2D eigenvalue weighted by Crippen LogP contribution is 2.12. The van der Waals surface area contributed by atoms with E-state index in [9.17, 15) is 33.9 Å². The van der Waals surface area contributed by atoms with Gasteiger partial charge >= 0.3 is 23.9 Å². The lowest BCUT2D eigenvalue weighted by Gasteiger charge is -2.21. The van der Waals surface area contributed by atoms with Crippen LogP contribution < -0.4 is 11.1 Å². The van der Waals surface area contributed by atoms with Gasteiger partial charge in [-0.05, 0) is 20.3 Å².